The van der Waals surface area contributed by atoms with Crippen LogP contribution in [0.25, 0.3) is 0 Å². The molecule has 0 aromatic heterocycles. The zero-order chi connectivity index (χ0) is 50.6. The average Bonchev–Trinajstić information content (AvgIpc) is 3.26. The van der Waals surface area contributed by atoms with Gasteiger partial charge >= 0.3 is 24.3 Å². The first-order valence-corrected chi connectivity index (χ1v) is 24.0. The molecular formula is C50H72F6N4O8. The second-order valence-corrected chi connectivity index (χ2v) is 20.0. The fourth-order valence-electron chi connectivity index (χ4n) is 11.8. The second-order valence-electron chi connectivity index (χ2n) is 20.0. The number of phenolic OH excluding ortho intramolecular Hbond substituents is 2. The number of aromatic hydroxyl groups is 2. The number of halogens is 6. The van der Waals surface area contributed by atoms with E-state index in [4.69, 9.17) is 19.8 Å². The molecule has 382 valence electrons. The highest BCUT2D eigenvalue weighted by atomic mass is 19.4. The molecule has 0 heterocycles. The first kappa shape index (κ1) is 56.0. The lowest BCUT2D eigenvalue weighted by atomic mass is 9.49. The molecule has 0 unspecified atom stereocenters. The van der Waals surface area contributed by atoms with Crippen molar-refractivity contribution in [2.75, 3.05) is 39.3 Å². The zero-order valence-electron chi connectivity index (χ0n) is 39.9. The van der Waals surface area contributed by atoms with Crippen LogP contribution in [0.3, 0.4) is 0 Å². The van der Waals surface area contributed by atoms with E-state index >= 15 is 0 Å². The van der Waals surface area contributed by atoms with Gasteiger partial charge in [0.1, 0.15) is 11.5 Å². The molecule has 0 saturated heterocycles. The van der Waals surface area contributed by atoms with E-state index in [1.54, 1.807) is 12.1 Å². The summed E-state index contributed by atoms with van der Waals surface area (Å²) < 4.78 is 63.5. The molecule has 6 rings (SSSR count). The van der Waals surface area contributed by atoms with Crippen LogP contribution in [0.1, 0.15) is 140 Å². The van der Waals surface area contributed by atoms with Crippen molar-refractivity contribution in [2.24, 2.45) is 22.7 Å². The summed E-state index contributed by atoms with van der Waals surface area (Å²) in [7, 11) is 0. The van der Waals surface area contributed by atoms with Gasteiger partial charge in [-0.2, -0.15) is 26.3 Å². The van der Waals surface area contributed by atoms with Crippen LogP contribution in [0.4, 0.5) is 26.3 Å². The minimum absolute atomic E-state index is 0.0679. The fourth-order valence-corrected chi connectivity index (χ4v) is 11.8. The Labute approximate surface area is 395 Å². The molecule has 2 fully saturated rings. The number of amides is 2. The zero-order valence-corrected chi connectivity index (χ0v) is 39.9. The van der Waals surface area contributed by atoms with Crippen molar-refractivity contribution >= 4 is 23.8 Å². The topological polar surface area (TPSA) is 197 Å². The lowest BCUT2D eigenvalue weighted by Gasteiger charge is -2.54. The number of hydrogen-bond acceptors (Lipinski definition) is 8. The Morgan fingerprint density at radius 1 is 0.544 bits per heavy atom. The third-order valence-electron chi connectivity index (χ3n) is 15.3. The minimum atomic E-state index is -5.08. The van der Waals surface area contributed by atoms with Crippen molar-refractivity contribution in [3.63, 3.8) is 0 Å². The highest BCUT2D eigenvalue weighted by molar-refractivity contribution is 5.84. The van der Waals surface area contributed by atoms with Crippen LogP contribution in [0, 0.1) is 22.7 Å². The SMILES string of the molecule is C[C@]1(C(=O)NCCCNCCCCCCNCCCNC(=O)[C@@]2(C)CCC[C@]3(C)c4cc(O)ccc4CC[C@@H]23)CCC[C@]2(C)c3cc(O)ccc3CC[C@@H]12.O=C(O)C(F)(F)F.O=C(O)C(F)(F)F. The number of nitrogens with one attached hydrogen (secondary N) is 4. The van der Waals surface area contributed by atoms with E-state index in [1.165, 1.54) is 47.9 Å². The Bertz CT molecular complexity index is 1890. The number of carbonyl (C=O) groups excluding carboxylic acids is 2. The molecule has 18 heteroatoms. The summed E-state index contributed by atoms with van der Waals surface area (Å²) in [6.45, 7) is 14.3. The Kier molecular flexibility index (Phi) is 19.6. The number of carboxylic acid groups (broad SMARTS) is 2. The summed E-state index contributed by atoms with van der Waals surface area (Å²) in [6.07, 6.45) is 6.56. The van der Waals surface area contributed by atoms with Gasteiger partial charge in [-0.3, -0.25) is 9.59 Å². The highest BCUT2D eigenvalue weighted by Gasteiger charge is 2.56. The first-order chi connectivity index (χ1) is 31.8. The molecule has 0 radical (unpaired) electrons. The summed E-state index contributed by atoms with van der Waals surface area (Å²) in [5, 5.41) is 48.4. The molecular weight excluding hydrogens is 899 g/mol. The third kappa shape index (κ3) is 14.0. The predicted molar refractivity (Wildman–Crippen MR) is 245 cm³/mol. The summed E-state index contributed by atoms with van der Waals surface area (Å²) in [5.41, 5.74) is 4.29. The normalized spacial score (nSPS) is 26.1. The quantitative estimate of drug-likeness (QED) is 0.0560. The first-order valence-electron chi connectivity index (χ1n) is 24.0. The van der Waals surface area contributed by atoms with Gasteiger partial charge < -0.3 is 41.7 Å². The number of fused-ring (bicyclic) bond motifs is 6. The standard InChI is InChI=1S/C46H70N4O4.2C2HF3O2/c1-43-21-9-23-45(3,39(43)19-15-33-13-17-35(51)31-37(33)43)41(53)49-29-11-27-47-25-7-5-6-8-26-48-28-12-30-50-42(54)46(4)24-10-22-44(2)38-32-36(52)18-14-34(38)16-20-40(44)46;2*3-2(4,5)1(6)7/h13-14,17-18,31-32,39-40,47-48,51-52H,5-12,15-16,19-30H2,1-4H3,(H,49,53)(H,50,54);2*(H,6,7)/t39-,40-,43-,44-,45+,46+;;/m1../s1. The van der Waals surface area contributed by atoms with Gasteiger partial charge in [-0.05, 0) is 172 Å². The lowest BCUT2D eigenvalue weighted by Crippen LogP contribution is -2.55. The van der Waals surface area contributed by atoms with Crippen LogP contribution in [0.5, 0.6) is 11.5 Å². The van der Waals surface area contributed by atoms with Gasteiger partial charge in [0.2, 0.25) is 11.8 Å². The summed E-state index contributed by atoms with van der Waals surface area (Å²) in [5.74, 6) is -3.87. The van der Waals surface area contributed by atoms with E-state index in [-0.39, 0.29) is 45.3 Å². The van der Waals surface area contributed by atoms with E-state index in [2.05, 4.69) is 61.1 Å². The van der Waals surface area contributed by atoms with E-state index in [1.807, 2.05) is 12.1 Å². The van der Waals surface area contributed by atoms with Crippen molar-refractivity contribution in [2.45, 2.75) is 154 Å². The Balaban J connectivity index is 0.000000626. The fraction of sp³-hybridized carbons (Fsp3) is 0.680. The number of carbonyl (C=O) groups is 4. The summed E-state index contributed by atoms with van der Waals surface area (Å²) >= 11 is 0. The molecule has 2 saturated carbocycles. The maximum atomic E-state index is 13.6. The lowest BCUT2D eigenvalue weighted by molar-refractivity contribution is -0.193. The van der Waals surface area contributed by atoms with Crippen molar-refractivity contribution in [1.29, 1.82) is 0 Å². The molecule has 0 spiro atoms. The number of rotatable bonds is 17. The Morgan fingerprint density at radius 2 is 0.882 bits per heavy atom. The molecule has 2 aromatic carbocycles. The third-order valence-corrected chi connectivity index (χ3v) is 15.3. The smallest absolute Gasteiger partial charge is 0.490 e. The number of carboxylic acids is 2. The molecule has 12 nitrogen and oxygen atoms in total. The Hall–Kier alpha value is -4.58. The maximum Gasteiger partial charge on any atom is 0.490 e. The molecule has 2 amide bonds. The van der Waals surface area contributed by atoms with Crippen molar-refractivity contribution < 1.29 is 65.9 Å². The number of unbranched alkanes of at least 4 members (excludes halogenated alkanes) is 3. The van der Waals surface area contributed by atoms with Crippen LogP contribution in [-0.4, -0.2) is 95.8 Å². The van der Waals surface area contributed by atoms with Gasteiger partial charge in [0, 0.05) is 13.1 Å². The van der Waals surface area contributed by atoms with Crippen molar-refractivity contribution in [1.82, 2.24) is 21.3 Å². The summed E-state index contributed by atoms with van der Waals surface area (Å²) in [6, 6.07) is 11.7. The van der Waals surface area contributed by atoms with E-state index in [0.29, 0.717) is 24.6 Å². The molecule has 4 aliphatic carbocycles. The summed E-state index contributed by atoms with van der Waals surface area (Å²) in [4.78, 5) is 45.0. The van der Waals surface area contributed by atoms with E-state index in [9.17, 15) is 46.1 Å². The maximum absolute atomic E-state index is 13.6. The average molecular weight is 971 g/mol. The second kappa shape index (κ2) is 23.8. The van der Waals surface area contributed by atoms with Gasteiger partial charge in [-0.1, -0.05) is 65.5 Å². The van der Waals surface area contributed by atoms with E-state index in [0.717, 1.165) is 103 Å². The number of phenols is 2. The van der Waals surface area contributed by atoms with Gasteiger partial charge in [0.05, 0.1) is 10.8 Å². The molecule has 0 bridgehead atoms. The van der Waals surface area contributed by atoms with Crippen LogP contribution in [0.15, 0.2) is 36.4 Å². The van der Waals surface area contributed by atoms with Gasteiger partial charge in [0.15, 0.2) is 0 Å². The van der Waals surface area contributed by atoms with Gasteiger partial charge in [-0.25, -0.2) is 9.59 Å². The molecule has 0 aliphatic heterocycles. The highest BCUT2D eigenvalue weighted by Crippen LogP contribution is 2.59. The molecule has 8 N–H and O–H groups in total. The number of aryl methyl sites for hydroxylation is 2. The van der Waals surface area contributed by atoms with Gasteiger partial charge in [0.25, 0.3) is 0 Å². The van der Waals surface area contributed by atoms with Crippen molar-refractivity contribution in [3.8, 4) is 11.5 Å². The number of benzene rings is 2. The van der Waals surface area contributed by atoms with E-state index < -0.39 is 24.3 Å². The van der Waals surface area contributed by atoms with Crippen LogP contribution in [-0.2, 0) is 42.8 Å². The van der Waals surface area contributed by atoms with Crippen LogP contribution in [0.2, 0.25) is 0 Å². The Morgan fingerprint density at radius 3 is 1.22 bits per heavy atom. The number of hydrogen-bond donors (Lipinski definition) is 8. The molecule has 68 heavy (non-hydrogen) atoms. The molecule has 2 aromatic rings. The molecule has 4 aliphatic rings. The number of alkyl halides is 6. The van der Waals surface area contributed by atoms with Crippen LogP contribution < -0.4 is 21.3 Å². The minimum Gasteiger partial charge on any atom is -0.508 e. The largest absolute Gasteiger partial charge is 0.508 e. The van der Waals surface area contributed by atoms with Gasteiger partial charge in [-0.15, -0.1) is 0 Å². The monoisotopic (exact) mass is 971 g/mol. The predicted octanol–water partition coefficient (Wildman–Crippen LogP) is 8.84. The number of aliphatic carboxylic acids is 2. The van der Waals surface area contributed by atoms with Crippen LogP contribution >= 0.6 is 0 Å². The molecule has 6 atom stereocenters. The van der Waals surface area contributed by atoms with Crippen molar-refractivity contribution in [3.05, 3.63) is 58.7 Å².